The van der Waals surface area contributed by atoms with Crippen LogP contribution in [0.4, 0.5) is 5.82 Å². The number of nitrogens with zero attached hydrogens (tertiary/aromatic N) is 1. The summed E-state index contributed by atoms with van der Waals surface area (Å²) in [6.45, 7) is 0. The number of rotatable bonds is 4. The van der Waals surface area contributed by atoms with E-state index in [4.69, 9.17) is 4.74 Å². The van der Waals surface area contributed by atoms with Crippen LogP contribution < -0.4 is 10.1 Å². The van der Waals surface area contributed by atoms with Crippen LogP contribution in [0, 0.1) is 0 Å². The summed E-state index contributed by atoms with van der Waals surface area (Å²) >= 11 is 0. The third kappa shape index (κ3) is 3.45. The van der Waals surface area contributed by atoms with E-state index < -0.39 is 9.84 Å². The topological polar surface area (TPSA) is 68.3 Å². The van der Waals surface area contributed by atoms with Crippen LogP contribution in [0.3, 0.4) is 0 Å². The average molecular weight is 278 g/mol. The zero-order valence-corrected chi connectivity index (χ0v) is 11.4. The van der Waals surface area contributed by atoms with Gasteiger partial charge in [-0.1, -0.05) is 6.07 Å². The fraction of sp³-hybridized carbons (Fsp3) is 0.154. The molecule has 1 aromatic carbocycles. The largest absolute Gasteiger partial charge is 0.439 e. The van der Waals surface area contributed by atoms with Crippen molar-refractivity contribution in [3.63, 3.8) is 0 Å². The summed E-state index contributed by atoms with van der Waals surface area (Å²) in [5.41, 5.74) is 0. The highest BCUT2D eigenvalue weighted by molar-refractivity contribution is 7.90. The van der Waals surface area contributed by atoms with Crippen LogP contribution in [0.25, 0.3) is 0 Å². The molecule has 0 amide bonds. The van der Waals surface area contributed by atoms with Gasteiger partial charge in [-0.15, -0.1) is 0 Å². The van der Waals surface area contributed by atoms with E-state index in [1.54, 1.807) is 25.2 Å². The maximum absolute atomic E-state index is 11.3. The lowest BCUT2D eigenvalue weighted by atomic mass is 10.3. The molecule has 0 bridgehead atoms. The predicted octanol–water partition coefficient (Wildman–Crippen LogP) is 2.32. The van der Waals surface area contributed by atoms with Gasteiger partial charge < -0.3 is 10.1 Å². The number of benzene rings is 1. The Morgan fingerprint density at radius 1 is 1.11 bits per heavy atom. The summed E-state index contributed by atoms with van der Waals surface area (Å²) in [5.74, 6) is 1.68. The minimum absolute atomic E-state index is 0.261. The number of anilines is 1. The molecule has 0 aliphatic carbocycles. The van der Waals surface area contributed by atoms with Gasteiger partial charge in [-0.05, 0) is 30.3 Å². The molecule has 6 heteroatoms. The maximum atomic E-state index is 11.3. The van der Waals surface area contributed by atoms with Crippen molar-refractivity contribution in [2.24, 2.45) is 0 Å². The highest BCUT2D eigenvalue weighted by Crippen LogP contribution is 2.22. The first-order valence-corrected chi connectivity index (χ1v) is 7.51. The van der Waals surface area contributed by atoms with E-state index in [9.17, 15) is 8.42 Å². The monoisotopic (exact) mass is 278 g/mol. The van der Waals surface area contributed by atoms with Crippen molar-refractivity contribution in [3.05, 3.63) is 42.5 Å². The molecule has 0 spiro atoms. The van der Waals surface area contributed by atoms with Gasteiger partial charge in [0.05, 0.1) is 4.90 Å². The third-order valence-corrected chi connectivity index (χ3v) is 3.58. The molecule has 0 saturated heterocycles. The molecule has 0 atom stereocenters. The second-order valence-electron chi connectivity index (χ2n) is 3.96. The number of aromatic nitrogens is 1. The van der Waals surface area contributed by atoms with Crippen molar-refractivity contribution in [2.45, 2.75) is 4.90 Å². The van der Waals surface area contributed by atoms with Gasteiger partial charge in [-0.25, -0.2) is 8.42 Å². The Hall–Kier alpha value is -2.08. The lowest BCUT2D eigenvalue weighted by Gasteiger charge is -2.06. The van der Waals surface area contributed by atoms with Crippen LogP contribution in [-0.4, -0.2) is 26.7 Å². The minimum atomic E-state index is -3.18. The molecule has 100 valence electrons. The molecule has 1 aromatic heterocycles. The second kappa shape index (κ2) is 5.27. The molecule has 0 fully saturated rings. The quantitative estimate of drug-likeness (QED) is 0.929. The highest BCUT2D eigenvalue weighted by atomic mass is 32.2. The molecule has 5 nitrogen and oxygen atoms in total. The van der Waals surface area contributed by atoms with Crippen LogP contribution >= 0.6 is 0 Å². The maximum Gasteiger partial charge on any atom is 0.221 e. The van der Waals surface area contributed by atoms with E-state index in [-0.39, 0.29) is 4.90 Å². The van der Waals surface area contributed by atoms with Gasteiger partial charge in [-0.3, -0.25) is 0 Å². The summed E-state index contributed by atoms with van der Waals surface area (Å²) in [5, 5.41) is 2.91. The normalized spacial score (nSPS) is 11.1. The number of hydrogen-bond acceptors (Lipinski definition) is 5. The fourth-order valence-electron chi connectivity index (χ4n) is 1.49. The van der Waals surface area contributed by atoms with E-state index in [2.05, 4.69) is 10.3 Å². The molecule has 0 saturated carbocycles. The Kier molecular flexibility index (Phi) is 3.71. The molecule has 2 aromatic rings. The summed E-state index contributed by atoms with van der Waals surface area (Å²) in [4.78, 5) is 4.47. The molecular weight excluding hydrogens is 264 g/mol. The molecule has 19 heavy (non-hydrogen) atoms. The number of nitrogens with one attached hydrogen (secondary N) is 1. The van der Waals surface area contributed by atoms with E-state index in [1.165, 1.54) is 18.4 Å². The predicted molar refractivity (Wildman–Crippen MR) is 73.4 cm³/mol. The van der Waals surface area contributed by atoms with E-state index in [0.29, 0.717) is 17.4 Å². The first-order chi connectivity index (χ1) is 8.99. The minimum Gasteiger partial charge on any atom is -0.439 e. The van der Waals surface area contributed by atoms with Crippen molar-refractivity contribution in [1.82, 2.24) is 4.98 Å². The second-order valence-corrected chi connectivity index (χ2v) is 5.97. The zero-order valence-electron chi connectivity index (χ0n) is 10.6. The number of pyridine rings is 1. The van der Waals surface area contributed by atoms with Gasteiger partial charge in [0, 0.05) is 19.4 Å². The first kappa shape index (κ1) is 13.4. The van der Waals surface area contributed by atoms with Crippen LogP contribution in [-0.2, 0) is 9.84 Å². The van der Waals surface area contributed by atoms with Crippen molar-refractivity contribution in [1.29, 1.82) is 0 Å². The van der Waals surface area contributed by atoms with E-state index in [1.807, 2.05) is 12.1 Å². The third-order valence-electron chi connectivity index (χ3n) is 2.45. The molecule has 1 heterocycles. The van der Waals surface area contributed by atoms with Crippen LogP contribution in [0.2, 0.25) is 0 Å². The Morgan fingerprint density at radius 2 is 1.79 bits per heavy atom. The summed E-state index contributed by atoms with van der Waals surface area (Å²) in [6, 6.07) is 11.6. The first-order valence-electron chi connectivity index (χ1n) is 5.62. The Bertz CT molecular complexity index is 667. The Labute approximate surface area is 112 Å². The average Bonchev–Trinajstić information content (AvgIpc) is 2.38. The molecular formula is C13H14N2O3S. The van der Waals surface area contributed by atoms with Gasteiger partial charge in [0.1, 0.15) is 11.6 Å². The smallest absolute Gasteiger partial charge is 0.221 e. The molecule has 0 unspecified atom stereocenters. The molecule has 2 rings (SSSR count). The van der Waals surface area contributed by atoms with Gasteiger partial charge in [0.25, 0.3) is 0 Å². The van der Waals surface area contributed by atoms with Gasteiger partial charge in [-0.2, -0.15) is 4.98 Å². The highest BCUT2D eigenvalue weighted by Gasteiger charge is 2.07. The number of sulfone groups is 1. The van der Waals surface area contributed by atoms with Crippen molar-refractivity contribution in [3.8, 4) is 11.6 Å². The summed E-state index contributed by atoms with van der Waals surface area (Å²) in [6.07, 6.45) is 1.17. The van der Waals surface area contributed by atoms with Crippen LogP contribution in [0.1, 0.15) is 0 Å². The van der Waals surface area contributed by atoms with Crippen LogP contribution in [0.5, 0.6) is 11.6 Å². The van der Waals surface area contributed by atoms with Crippen molar-refractivity contribution < 1.29 is 13.2 Å². The van der Waals surface area contributed by atoms with Gasteiger partial charge >= 0.3 is 0 Å². The summed E-state index contributed by atoms with van der Waals surface area (Å²) in [7, 11) is -1.41. The molecule has 0 radical (unpaired) electrons. The zero-order chi connectivity index (χ0) is 13.9. The van der Waals surface area contributed by atoms with E-state index >= 15 is 0 Å². The van der Waals surface area contributed by atoms with Crippen molar-refractivity contribution >= 4 is 15.7 Å². The standard InChI is InChI=1S/C13H14N2O3S/c1-14-12-4-3-5-13(15-12)18-10-6-8-11(9-7-10)19(2,16)17/h3-9H,1-2H3,(H,14,15). The number of hydrogen-bond donors (Lipinski definition) is 1. The van der Waals surface area contributed by atoms with Gasteiger partial charge in [0.15, 0.2) is 9.84 Å². The van der Waals surface area contributed by atoms with Crippen molar-refractivity contribution in [2.75, 3.05) is 18.6 Å². The van der Waals surface area contributed by atoms with Gasteiger partial charge in [0.2, 0.25) is 5.88 Å². The molecule has 1 N–H and O–H groups in total. The SMILES string of the molecule is CNc1cccc(Oc2ccc(S(C)(=O)=O)cc2)n1. The van der Waals surface area contributed by atoms with Crippen LogP contribution in [0.15, 0.2) is 47.4 Å². The molecule has 0 aliphatic rings. The summed E-state index contributed by atoms with van der Waals surface area (Å²) < 4.78 is 28.2. The lowest BCUT2D eigenvalue weighted by Crippen LogP contribution is -1.97. The van der Waals surface area contributed by atoms with E-state index in [0.717, 1.165) is 0 Å². The lowest BCUT2D eigenvalue weighted by molar-refractivity contribution is 0.463. The Morgan fingerprint density at radius 3 is 2.37 bits per heavy atom. The Balaban J connectivity index is 2.19. The molecule has 0 aliphatic heterocycles. The fourth-order valence-corrected chi connectivity index (χ4v) is 2.12. The number of ether oxygens (including phenoxy) is 1.